The van der Waals surface area contributed by atoms with E-state index in [-0.39, 0.29) is 6.61 Å². The molecular weight excluding hydrogens is 403 g/mol. The van der Waals surface area contributed by atoms with E-state index >= 15 is 0 Å². The Labute approximate surface area is 172 Å². The summed E-state index contributed by atoms with van der Waals surface area (Å²) in [6.45, 7) is 4.44. The van der Waals surface area contributed by atoms with Crippen molar-refractivity contribution in [3.05, 3.63) is 53.6 Å². The Kier molecular flexibility index (Phi) is 8.64. The zero-order chi connectivity index (χ0) is 22.1. The summed E-state index contributed by atoms with van der Waals surface area (Å²) >= 11 is 0. The van der Waals surface area contributed by atoms with Crippen molar-refractivity contribution < 1.29 is 37.7 Å². The SMILES string of the molecule is COc1ccc(-c2ccccc2CN2CCOCC2)cc1CO.O=C(O)C(F)(F)F. The monoisotopic (exact) mass is 427 g/mol. The minimum atomic E-state index is -5.08. The molecule has 0 spiro atoms. The molecule has 1 saturated heterocycles. The Balaban J connectivity index is 0.000000396. The van der Waals surface area contributed by atoms with Gasteiger partial charge < -0.3 is 19.7 Å². The molecule has 164 valence electrons. The van der Waals surface area contributed by atoms with Crippen LogP contribution in [0, 0.1) is 0 Å². The number of benzene rings is 2. The number of alkyl halides is 3. The van der Waals surface area contributed by atoms with Crippen LogP contribution in [0.5, 0.6) is 5.75 Å². The van der Waals surface area contributed by atoms with Crippen molar-refractivity contribution >= 4 is 5.97 Å². The number of aliphatic carboxylic acids is 1. The number of carboxylic acids is 1. The number of carboxylic acid groups (broad SMARTS) is 1. The van der Waals surface area contributed by atoms with Gasteiger partial charge in [-0.3, -0.25) is 4.90 Å². The largest absolute Gasteiger partial charge is 0.496 e. The molecule has 3 rings (SSSR count). The second-order valence-corrected chi connectivity index (χ2v) is 6.53. The highest BCUT2D eigenvalue weighted by Crippen LogP contribution is 2.29. The first-order valence-corrected chi connectivity index (χ1v) is 9.22. The molecule has 0 bridgehead atoms. The number of rotatable bonds is 5. The van der Waals surface area contributed by atoms with Gasteiger partial charge in [0.1, 0.15) is 5.75 Å². The Bertz CT molecular complexity index is 836. The maximum absolute atomic E-state index is 10.6. The van der Waals surface area contributed by atoms with E-state index in [0.717, 1.165) is 49.7 Å². The molecule has 1 heterocycles. The molecule has 30 heavy (non-hydrogen) atoms. The molecule has 0 aromatic heterocycles. The van der Waals surface area contributed by atoms with Gasteiger partial charge in [0.05, 0.1) is 26.9 Å². The van der Waals surface area contributed by atoms with Crippen LogP contribution in [0.1, 0.15) is 11.1 Å². The maximum Gasteiger partial charge on any atom is 0.490 e. The third kappa shape index (κ3) is 6.72. The van der Waals surface area contributed by atoms with Gasteiger partial charge in [-0.05, 0) is 28.8 Å². The molecular formula is C21H24F3NO5. The number of hydrogen-bond donors (Lipinski definition) is 2. The van der Waals surface area contributed by atoms with Gasteiger partial charge in [0.2, 0.25) is 0 Å². The van der Waals surface area contributed by atoms with Crippen LogP contribution in [0.2, 0.25) is 0 Å². The van der Waals surface area contributed by atoms with Crippen LogP contribution in [-0.4, -0.2) is 60.7 Å². The molecule has 0 unspecified atom stereocenters. The summed E-state index contributed by atoms with van der Waals surface area (Å²) < 4.78 is 42.5. The minimum absolute atomic E-state index is 0.0252. The van der Waals surface area contributed by atoms with Crippen LogP contribution in [0.15, 0.2) is 42.5 Å². The van der Waals surface area contributed by atoms with E-state index in [2.05, 4.69) is 35.2 Å². The number of methoxy groups -OCH3 is 1. The van der Waals surface area contributed by atoms with Gasteiger partial charge in [-0.1, -0.05) is 30.3 Å². The molecule has 2 aromatic rings. The summed E-state index contributed by atoms with van der Waals surface area (Å²) in [6, 6.07) is 14.4. The molecule has 1 aliphatic rings. The number of hydrogen-bond acceptors (Lipinski definition) is 5. The number of nitrogens with zero attached hydrogens (tertiary/aromatic N) is 1. The number of halogens is 3. The van der Waals surface area contributed by atoms with E-state index in [1.54, 1.807) is 7.11 Å². The molecule has 0 atom stereocenters. The Morgan fingerprint density at radius 3 is 2.33 bits per heavy atom. The highest BCUT2D eigenvalue weighted by atomic mass is 19.4. The summed E-state index contributed by atoms with van der Waals surface area (Å²) in [5.41, 5.74) is 4.42. The fraction of sp³-hybridized carbons (Fsp3) is 0.381. The van der Waals surface area contributed by atoms with Crippen molar-refractivity contribution in [2.75, 3.05) is 33.4 Å². The number of carbonyl (C=O) groups is 1. The second-order valence-electron chi connectivity index (χ2n) is 6.53. The third-order valence-electron chi connectivity index (χ3n) is 4.52. The highest BCUT2D eigenvalue weighted by Gasteiger charge is 2.38. The van der Waals surface area contributed by atoms with Gasteiger partial charge in [-0.15, -0.1) is 0 Å². The predicted molar refractivity (Wildman–Crippen MR) is 104 cm³/mol. The Hall–Kier alpha value is -2.62. The first-order chi connectivity index (χ1) is 14.3. The van der Waals surface area contributed by atoms with Gasteiger partial charge in [0, 0.05) is 25.2 Å². The van der Waals surface area contributed by atoms with Crippen molar-refractivity contribution in [1.82, 2.24) is 4.90 Å². The molecule has 0 radical (unpaired) electrons. The van der Waals surface area contributed by atoms with Crippen LogP contribution in [0.3, 0.4) is 0 Å². The quantitative estimate of drug-likeness (QED) is 0.762. The smallest absolute Gasteiger partial charge is 0.490 e. The Morgan fingerprint density at radius 2 is 1.77 bits per heavy atom. The van der Waals surface area contributed by atoms with Crippen molar-refractivity contribution in [3.8, 4) is 16.9 Å². The van der Waals surface area contributed by atoms with Crippen molar-refractivity contribution in [3.63, 3.8) is 0 Å². The average molecular weight is 427 g/mol. The van der Waals surface area contributed by atoms with Crippen molar-refractivity contribution in [2.24, 2.45) is 0 Å². The molecule has 9 heteroatoms. The highest BCUT2D eigenvalue weighted by molar-refractivity contribution is 5.73. The summed E-state index contributed by atoms with van der Waals surface area (Å²) in [7, 11) is 1.63. The van der Waals surface area contributed by atoms with Gasteiger partial charge in [0.15, 0.2) is 0 Å². The van der Waals surface area contributed by atoms with E-state index in [0.29, 0.717) is 0 Å². The number of ether oxygens (including phenoxy) is 2. The first-order valence-electron chi connectivity index (χ1n) is 9.22. The van der Waals surface area contributed by atoms with E-state index < -0.39 is 12.1 Å². The standard InChI is InChI=1S/C19H23NO3.C2HF3O2/c1-22-19-7-6-15(12-17(19)14-21)18-5-3-2-4-16(18)13-20-8-10-23-11-9-20;3-2(4,5)1(6)7/h2-7,12,21H,8-11,13-14H2,1H3;(H,6,7). The van der Waals surface area contributed by atoms with Crippen molar-refractivity contribution in [1.29, 1.82) is 0 Å². The van der Waals surface area contributed by atoms with Crippen molar-refractivity contribution in [2.45, 2.75) is 19.3 Å². The Morgan fingerprint density at radius 1 is 1.13 bits per heavy atom. The molecule has 0 amide bonds. The molecule has 2 N–H and O–H groups in total. The number of morpholine rings is 1. The summed E-state index contributed by atoms with van der Waals surface area (Å²) in [5.74, 6) is -2.03. The van der Waals surface area contributed by atoms with Gasteiger partial charge in [-0.2, -0.15) is 13.2 Å². The van der Waals surface area contributed by atoms with Crippen LogP contribution in [0.4, 0.5) is 13.2 Å². The fourth-order valence-electron chi connectivity index (χ4n) is 3.01. The molecule has 0 saturated carbocycles. The van der Waals surface area contributed by atoms with Gasteiger partial charge in [-0.25, -0.2) is 4.79 Å². The lowest BCUT2D eigenvalue weighted by Gasteiger charge is -2.27. The van der Waals surface area contributed by atoms with E-state index in [4.69, 9.17) is 19.4 Å². The minimum Gasteiger partial charge on any atom is -0.496 e. The lowest BCUT2D eigenvalue weighted by atomic mass is 9.97. The average Bonchev–Trinajstić information content (AvgIpc) is 2.74. The zero-order valence-electron chi connectivity index (χ0n) is 16.5. The van der Waals surface area contributed by atoms with Crippen LogP contribution in [0.25, 0.3) is 11.1 Å². The normalized spacial score (nSPS) is 14.6. The molecule has 2 aromatic carbocycles. The lowest BCUT2D eigenvalue weighted by Crippen LogP contribution is -2.35. The van der Waals surface area contributed by atoms with Gasteiger partial charge >= 0.3 is 12.1 Å². The molecule has 1 fully saturated rings. The zero-order valence-corrected chi connectivity index (χ0v) is 16.5. The lowest BCUT2D eigenvalue weighted by molar-refractivity contribution is -0.192. The summed E-state index contributed by atoms with van der Waals surface area (Å²) in [5, 5.41) is 16.7. The number of aliphatic hydroxyl groups is 1. The molecule has 6 nitrogen and oxygen atoms in total. The van der Waals surface area contributed by atoms with Gasteiger partial charge in [0.25, 0.3) is 0 Å². The summed E-state index contributed by atoms with van der Waals surface area (Å²) in [4.78, 5) is 11.3. The maximum atomic E-state index is 10.6. The second kappa shape index (κ2) is 11.0. The fourth-order valence-corrected chi connectivity index (χ4v) is 3.01. The predicted octanol–water partition coefficient (Wildman–Crippen LogP) is 3.32. The molecule has 0 aliphatic carbocycles. The van der Waals surface area contributed by atoms with Crippen LogP contribution >= 0.6 is 0 Å². The first kappa shape index (κ1) is 23.7. The topological polar surface area (TPSA) is 79.2 Å². The van der Waals surface area contributed by atoms with Crippen LogP contribution in [-0.2, 0) is 22.7 Å². The number of aliphatic hydroxyl groups excluding tert-OH is 1. The summed E-state index contributed by atoms with van der Waals surface area (Å²) in [6.07, 6.45) is -5.08. The van der Waals surface area contributed by atoms with E-state index in [1.807, 2.05) is 12.1 Å². The molecule has 1 aliphatic heterocycles. The van der Waals surface area contributed by atoms with Crippen LogP contribution < -0.4 is 4.74 Å². The van der Waals surface area contributed by atoms with E-state index in [9.17, 15) is 18.3 Å². The third-order valence-corrected chi connectivity index (χ3v) is 4.52. The van der Waals surface area contributed by atoms with E-state index in [1.165, 1.54) is 11.1 Å².